The molecule has 1 N–H and O–H groups in total. The SMILES string of the molecule is CCOC(=O)c1cnc(N2CCC(CO)CC2)c(F)c1. The van der Waals surface area contributed by atoms with E-state index in [9.17, 15) is 9.18 Å². The fraction of sp³-hybridized carbons (Fsp3) is 0.571. The van der Waals surface area contributed by atoms with Crippen LogP contribution in [0.5, 0.6) is 0 Å². The van der Waals surface area contributed by atoms with E-state index in [2.05, 4.69) is 4.98 Å². The molecule has 2 rings (SSSR count). The monoisotopic (exact) mass is 282 g/mol. The molecule has 110 valence electrons. The molecule has 1 aromatic rings. The van der Waals surface area contributed by atoms with Gasteiger partial charge in [-0.25, -0.2) is 14.2 Å². The number of anilines is 1. The summed E-state index contributed by atoms with van der Waals surface area (Å²) in [5, 5.41) is 9.09. The van der Waals surface area contributed by atoms with Crippen LogP contribution in [0.1, 0.15) is 30.1 Å². The molecule has 1 aliphatic rings. The van der Waals surface area contributed by atoms with Crippen molar-refractivity contribution in [3.05, 3.63) is 23.6 Å². The highest BCUT2D eigenvalue weighted by atomic mass is 19.1. The summed E-state index contributed by atoms with van der Waals surface area (Å²) in [5.74, 6) is -0.537. The van der Waals surface area contributed by atoms with Crippen LogP contribution in [-0.4, -0.2) is 42.4 Å². The average Bonchev–Trinajstić information content (AvgIpc) is 2.47. The molecule has 6 heteroatoms. The predicted octanol–water partition coefficient (Wildman–Crippen LogP) is 1.61. The topological polar surface area (TPSA) is 62.7 Å². The minimum atomic E-state index is -0.565. The Labute approximate surface area is 117 Å². The molecule has 0 atom stereocenters. The van der Waals surface area contributed by atoms with Gasteiger partial charge in [-0.3, -0.25) is 0 Å². The largest absolute Gasteiger partial charge is 0.462 e. The number of aliphatic hydroxyl groups is 1. The van der Waals surface area contributed by atoms with Crippen molar-refractivity contribution in [2.24, 2.45) is 5.92 Å². The molecule has 1 fully saturated rings. The van der Waals surface area contributed by atoms with Gasteiger partial charge in [0, 0.05) is 25.9 Å². The molecular formula is C14H19FN2O3. The van der Waals surface area contributed by atoms with E-state index in [1.165, 1.54) is 12.3 Å². The molecule has 0 spiro atoms. The first-order valence-electron chi connectivity index (χ1n) is 6.84. The average molecular weight is 282 g/mol. The van der Waals surface area contributed by atoms with Crippen molar-refractivity contribution in [2.45, 2.75) is 19.8 Å². The van der Waals surface area contributed by atoms with Gasteiger partial charge in [0.2, 0.25) is 0 Å². The second-order valence-corrected chi connectivity index (χ2v) is 4.86. The minimum absolute atomic E-state index is 0.123. The van der Waals surface area contributed by atoms with Gasteiger partial charge in [0.05, 0.1) is 12.2 Å². The van der Waals surface area contributed by atoms with Crippen LogP contribution in [0.15, 0.2) is 12.3 Å². The lowest BCUT2D eigenvalue weighted by Crippen LogP contribution is -2.35. The molecule has 0 amide bonds. The van der Waals surface area contributed by atoms with E-state index in [1.807, 2.05) is 4.90 Å². The fourth-order valence-electron chi connectivity index (χ4n) is 2.32. The van der Waals surface area contributed by atoms with Gasteiger partial charge < -0.3 is 14.7 Å². The molecular weight excluding hydrogens is 263 g/mol. The van der Waals surface area contributed by atoms with Crippen molar-refractivity contribution in [1.29, 1.82) is 0 Å². The highest BCUT2D eigenvalue weighted by Crippen LogP contribution is 2.24. The second kappa shape index (κ2) is 6.65. The van der Waals surface area contributed by atoms with Crippen LogP contribution in [0.4, 0.5) is 10.2 Å². The summed E-state index contributed by atoms with van der Waals surface area (Å²) in [7, 11) is 0. The number of aliphatic hydroxyl groups excluding tert-OH is 1. The zero-order valence-electron chi connectivity index (χ0n) is 11.5. The van der Waals surface area contributed by atoms with Crippen LogP contribution < -0.4 is 4.90 Å². The smallest absolute Gasteiger partial charge is 0.339 e. The van der Waals surface area contributed by atoms with Gasteiger partial charge in [0.1, 0.15) is 0 Å². The lowest BCUT2D eigenvalue weighted by atomic mass is 9.98. The Morgan fingerprint density at radius 2 is 2.25 bits per heavy atom. The number of carbonyl (C=O) groups is 1. The van der Waals surface area contributed by atoms with Crippen molar-refractivity contribution in [1.82, 2.24) is 4.98 Å². The lowest BCUT2D eigenvalue weighted by molar-refractivity contribution is 0.0525. The molecule has 0 bridgehead atoms. The third-order valence-electron chi connectivity index (χ3n) is 3.51. The predicted molar refractivity (Wildman–Crippen MR) is 72.2 cm³/mol. The van der Waals surface area contributed by atoms with Gasteiger partial charge in [-0.2, -0.15) is 0 Å². The van der Waals surface area contributed by atoms with Gasteiger partial charge in [-0.1, -0.05) is 0 Å². The van der Waals surface area contributed by atoms with Crippen molar-refractivity contribution in [3.63, 3.8) is 0 Å². The van der Waals surface area contributed by atoms with Crippen molar-refractivity contribution >= 4 is 11.8 Å². The normalized spacial score (nSPS) is 16.2. The Morgan fingerprint density at radius 1 is 1.55 bits per heavy atom. The zero-order chi connectivity index (χ0) is 14.5. The number of nitrogens with zero attached hydrogens (tertiary/aromatic N) is 2. The number of aromatic nitrogens is 1. The summed E-state index contributed by atoms with van der Waals surface area (Å²) in [4.78, 5) is 17.4. The van der Waals surface area contributed by atoms with E-state index in [1.54, 1.807) is 6.92 Å². The third kappa shape index (κ3) is 3.25. The molecule has 1 aliphatic heterocycles. The number of piperidine rings is 1. The lowest BCUT2D eigenvalue weighted by Gasteiger charge is -2.32. The summed E-state index contributed by atoms with van der Waals surface area (Å²) in [6.07, 6.45) is 2.98. The number of hydrogen-bond donors (Lipinski definition) is 1. The van der Waals surface area contributed by atoms with Gasteiger partial charge in [-0.15, -0.1) is 0 Å². The highest BCUT2D eigenvalue weighted by molar-refractivity contribution is 5.89. The van der Waals surface area contributed by atoms with Gasteiger partial charge in [0.25, 0.3) is 0 Å². The number of rotatable bonds is 4. The number of pyridine rings is 1. The van der Waals surface area contributed by atoms with Crippen molar-refractivity contribution in [2.75, 3.05) is 31.2 Å². The summed E-state index contributed by atoms with van der Waals surface area (Å²) in [6.45, 7) is 3.44. The number of carbonyl (C=O) groups excluding carboxylic acids is 1. The minimum Gasteiger partial charge on any atom is -0.462 e. The Bertz CT molecular complexity index is 473. The van der Waals surface area contributed by atoms with Crippen LogP contribution in [0.25, 0.3) is 0 Å². The maximum atomic E-state index is 14.1. The van der Waals surface area contributed by atoms with E-state index >= 15 is 0 Å². The van der Waals surface area contributed by atoms with E-state index in [-0.39, 0.29) is 30.5 Å². The second-order valence-electron chi connectivity index (χ2n) is 4.86. The van der Waals surface area contributed by atoms with E-state index in [0.29, 0.717) is 13.1 Å². The molecule has 5 nitrogen and oxygen atoms in total. The van der Waals surface area contributed by atoms with Crippen LogP contribution in [0.2, 0.25) is 0 Å². The third-order valence-corrected chi connectivity index (χ3v) is 3.51. The number of esters is 1. The summed E-state index contributed by atoms with van der Waals surface area (Å²) in [6, 6.07) is 1.17. The Morgan fingerprint density at radius 3 is 2.80 bits per heavy atom. The molecule has 20 heavy (non-hydrogen) atoms. The number of halogens is 1. The standard InChI is InChI=1S/C14H19FN2O3/c1-2-20-14(19)11-7-12(15)13(16-8-11)17-5-3-10(9-18)4-6-17/h7-8,10,18H,2-6,9H2,1H3. The van der Waals surface area contributed by atoms with Gasteiger partial charge >= 0.3 is 5.97 Å². The first kappa shape index (κ1) is 14.7. The molecule has 0 aliphatic carbocycles. The quantitative estimate of drug-likeness (QED) is 0.850. The summed E-state index contributed by atoms with van der Waals surface area (Å²) < 4.78 is 18.9. The number of hydrogen-bond acceptors (Lipinski definition) is 5. The molecule has 0 saturated carbocycles. The number of ether oxygens (including phenoxy) is 1. The first-order valence-corrected chi connectivity index (χ1v) is 6.84. The summed E-state index contributed by atoms with van der Waals surface area (Å²) >= 11 is 0. The van der Waals surface area contributed by atoms with Crippen LogP contribution in [-0.2, 0) is 4.74 Å². The first-order chi connectivity index (χ1) is 9.65. The Kier molecular flexibility index (Phi) is 4.89. The van der Waals surface area contributed by atoms with Crippen LogP contribution >= 0.6 is 0 Å². The van der Waals surface area contributed by atoms with Crippen molar-refractivity contribution in [3.8, 4) is 0 Å². The molecule has 0 radical (unpaired) electrons. The van der Waals surface area contributed by atoms with Crippen LogP contribution in [0.3, 0.4) is 0 Å². The zero-order valence-corrected chi connectivity index (χ0v) is 11.5. The Hall–Kier alpha value is -1.69. The maximum absolute atomic E-state index is 14.1. The van der Waals surface area contributed by atoms with E-state index in [4.69, 9.17) is 9.84 Å². The fourth-order valence-corrected chi connectivity index (χ4v) is 2.32. The maximum Gasteiger partial charge on any atom is 0.339 e. The van der Waals surface area contributed by atoms with E-state index in [0.717, 1.165) is 12.8 Å². The molecule has 0 unspecified atom stereocenters. The van der Waals surface area contributed by atoms with E-state index < -0.39 is 11.8 Å². The molecule has 1 saturated heterocycles. The summed E-state index contributed by atoms with van der Waals surface area (Å²) in [5.41, 5.74) is 0.123. The van der Waals surface area contributed by atoms with Crippen molar-refractivity contribution < 1.29 is 19.0 Å². The van der Waals surface area contributed by atoms with Gasteiger partial charge in [-0.05, 0) is 31.7 Å². The van der Waals surface area contributed by atoms with Gasteiger partial charge in [0.15, 0.2) is 11.6 Å². The highest BCUT2D eigenvalue weighted by Gasteiger charge is 2.22. The van der Waals surface area contributed by atoms with Crippen LogP contribution in [0, 0.1) is 11.7 Å². The Balaban J connectivity index is 2.08. The molecule has 1 aromatic heterocycles. The molecule has 2 heterocycles. The molecule has 0 aromatic carbocycles.